The van der Waals surface area contributed by atoms with Gasteiger partial charge >= 0.3 is 0 Å². The highest BCUT2D eigenvalue weighted by Crippen LogP contribution is 2.33. The van der Waals surface area contributed by atoms with Crippen molar-refractivity contribution in [3.63, 3.8) is 0 Å². The van der Waals surface area contributed by atoms with Crippen LogP contribution in [0.3, 0.4) is 0 Å². The lowest BCUT2D eigenvalue weighted by Crippen LogP contribution is -2.30. The molecule has 2 aromatic rings. The van der Waals surface area contributed by atoms with Gasteiger partial charge in [-0.3, -0.25) is 9.59 Å². The maximum Gasteiger partial charge on any atom is 0.232 e. The first kappa shape index (κ1) is 14.7. The van der Waals surface area contributed by atoms with Crippen molar-refractivity contribution in [2.45, 2.75) is 17.2 Å². The Bertz CT molecular complexity index is 730. The summed E-state index contributed by atoms with van der Waals surface area (Å²) in [5.74, 6) is -0.736. The number of hydrogen-bond donors (Lipinski definition) is 2. The Morgan fingerprint density at radius 1 is 1.23 bits per heavy atom. The number of amides is 2. The average molecular weight is 312 g/mol. The summed E-state index contributed by atoms with van der Waals surface area (Å²) >= 11 is 1.62. The summed E-state index contributed by atoms with van der Waals surface area (Å²) in [7, 11) is 0. The van der Waals surface area contributed by atoms with Gasteiger partial charge in [-0.05, 0) is 36.1 Å². The van der Waals surface area contributed by atoms with Gasteiger partial charge in [0.1, 0.15) is 0 Å². The molecule has 0 saturated carbocycles. The number of carbonyl (C=O) groups is 2. The maximum atomic E-state index is 12.6. The first-order valence-corrected chi connectivity index (χ1v) is 8.23. The molecule has 0 bridgehead atoms. The van der Waals surface area contributed by atoms with Crippen molar-refractivity contribution >= 4 is 35.0 Å². The van der Waals surface area contributed by atoms with Gasteiger partial charge in [-0.15, -0.1) is 11.8 Å². The van der Waals surface area contributed by atoms with Crippen LogP contribution in [-0.2, 0) is 9.59 Å². The predicted molar refractivity (Wildman–Crippen MR) is 89.3 cm³/mol. The first-order valence-electron chi connectivity index (χ1n) is 7.01. The van der Waals surface area contributed by atoms with Crippen molar-refractivity contribution < 1.29 is 9.59 Å². The second-order valence-corrected chi connectivity index (χ2v) is 5.99. The van der Waals surface area contributed by atoms with E-state index in [1.807, 2.05) is 54.8 Å². The van der Waals surface area contributed by atoms with Crippen molar-refractivity contribution in [1.29, 1.82) is 0 Å². The number of fused-ring (bicyclic) bond motifs is 1. The number of nitrogens with one attached hydrogen (secondary N) is 2. The number of anilines is 2. The van der Waals surface area contributed by atoms with E-state index in [0.717, 1.165) is 21.8 Å². The van der Waals surface area contributed by atoms with Gasteiger partial charge in [0, 0.05) is 22.7 Å². The Balaban J connectivity index is 1.84. The molecule has 1 heterocycles. The van der Waals surface area contributed by atoms with E-state index in [0.29, 0.717) is 0 Å². The van der Waals surface area contributed by atoms with Gasteiger partial charge in [0.2, 0.25) is 11.8 Å². The van der Waals surface area contributed by atoms with Crippen LogP contribution in [0.2, 0.25) is 0 Å². The van der Waals surface area contributed by atoms with Crippen LogP contribution in [0.15, 0.2) is 53.4 Å². The van der Waals surface area contributed by atoms with Gasteiger partial charge in [-0.2, -0.15) is 0 Å². The minimum atomic E-state index is -0.456. The molecule has 0 fully saturated rings. The number of para-hydroxylation sites is 1. The molecule has 4 nitrogen and oxygen atoms in total. The number of rotatable bonds is 3. The van der Waals surface area contributed by atoms with Crippen molar-refractivity contribution in [1.82, 2.24) is 0 Å². The van der Waals surface area contributed by atoms with E-state index in [9.17, 15) is 9.59 Å². The molecule has 1 aliphatic rings. The molecule has 22 heavy (non-hydrogen) atoms. The van der Waals surface area contributed by atoms with E-state index in [2.05, 4.69) is 10.6 Å². The molecular formula is C17H16N2O2S. The van der Waals surface area contributed by atoms with E-state index in [1.165, 1.54) is 0 Å². The fourth-order valence-corrected chi connectivity index (χ4v) is 3.03. The van der Waals surface area contributed by atoms with Crippen molar-refractivity contribution in [3.05, 3.63) is 54.1 Å². The second kappa shape index (κ2) is 6.23. The molecule has 0 aliphatic carbocycles. The Hall–Kier alpha value is -2.27. The third-order valence-corrected chi connectivity index (χ3v) is 4.38. The van der Waals surface area contributed by atoms with E-state index >= 15 is 0 Å². The molecule has 2 aromatic carbocycles. The molecule has 3 rings (SSSR count). The maximum absolute atomic E-state index is 12.6. The summed E-state index contributed by atoms with van der Waals surface area (Å²) in [4.78, 5) is 25.5. The Morgan fingerprint density at radius 2 is 2.05 bits per heavy atom. The lowest BCUT2D eigenvalue weighted by molar-refractivity contribution is -0.123. The standard InChI is InChI=1S/C17H16N2O2S/c1-22-12-6-4-5-11(9-12)18-17(21)14-10-16(20)19-15-8-3-2-7-13(14)15/h2-9,14H,10H2,1H3,(H,18,21)(H,19,20). The van der Waals surface area contributed by atoms with Crippen LogP contribution in [0.25, 0.3) is 0 Å². The molecule has 1 unspecified atom stereocenters. The van der Waals surface area contributed by atoms with Gasteiger partial charge < -0.3 is 10.6 Å². The fraction of sp³-hybridized carbons (Fsp3) is 0.176. The lowest BCUT2D eigenvalue weighted by Gasteiger charge is -2.24. The van der Waals surface area contributed by atoms with Gasteiger partial charge in [-0.25, -0.2) is 0 Å². The minimum Gasteiger partial charge on any atom is -0.326 e. The molecule has 0 spiro atoms. The molecule has 1 atom stereocenters. The highest BCUT2D eigenvalue weighted by atomic mass is 32.2. The lowest BCUT2D eigenvalue weighted by atomic mass is 9.90. The van der Waals surface area contributed by atoms with Gasteiger partial charge in [-0.1, -0.05) is 24.3 Å². The Kier molecular flexibility index (Phi) is 4.15. The fourth-order valence-electron chi connectivity index (χ4n) is 2.58. The molecule has 0 aromatic heterocycles. The van der Waals surface area contributed by atoms with Crippen LogP contribution in [0.5, 0.6) is 0 Å². The molecule has 2 amide bonds. The molecule has 5 heteroatoms. The van der Waals surface area contributed by atoms with E-state index in [1.54, 1.807) is 11.8 Å². The van der Waals surface area contributed by atoms with Crippen LogP contribution in [0, 0.1) is 0 Å². The topological polar surface area (TPSA) is 58.2 Å². The number of hydrogen-bond acceptors (Lipinski definition) is 3. The smallest absolute Gasteiger partial charge is 0.232 e. The van der Waals surface area contributed by atoms with E-state index in [-0.39, 0.29) is 18.2 Å². The monoisotopic (exact) mass is 312 g/mol. The molecule has 112 valence electrons. The SMILES string of the molecule is CSc1cccc(NC(=O)C2CC(=O)Nc3ccccc32)c1. The zero-order valence-corrected chi connectivity index (χ0v) is 12.9. The summed E-state index contributed by atoms with van der Waals surface area (Å²) < 4.78 is 0. The Labute approximate surface area is 133 Å². The zero-order chi connectivity index (χ0) is 15.5. The van der Waals surface area contributed by atoms with Gasteiger partial charge in [0.05, 0.1) is 5.92 Å². The first-order chi connectivity index (χ1) is 10.7. The number of benzene rings is 2. The van der Waals surface area contributed by atoms with Crippen molar-refractivity contribution in [3.8, 4) is 0 Å². The van der Waals surface area contributed by atoms with E-state index < -0.39 is 5.92 Å². The van der Waals surface area contributed by atoms with Crippen LogP contribution < -0.4 is 10.6 Å². The predicted octanol–water partition coefficient (Wildman–Crippen LogP) is 3.47. The summed E-state index contributed by atoms with van der Waals surface area (Å²) in [6.07, 6.45) is 2.16. The third-order valence-electron chi connectivity index (χ3n) is 3.65. The highest BCUT2D eigenvalue weighted by molar-refractivity contribution is 7.98. The zero-order valence-electron chi connectivity index (χ0n) is 12.1. The second-order valence-electron chi connectivity index (χ2n) is 5.11. The number of thioether (sulfide) groups is 1. The van der Waals surface area contributed by atoms with Crippen LogP contribution in [-0.4, -0.2) is 18.1 Å². The summed E-state index contributed by atoms with van der Waals surface area (Å²) in [6, 6.07) is 15.1. The molecule has 2 N–H and O–H groups in total. The van der Waals surface area contributed by atoms with Gasteiger partial charge in [0.25, 0.3) is 0 Å². The quantitative estimate of drug-likeness (QED) is 0.853. The van der Waals surface area contributed by atoms with Crippen molar-refractivity contribution in [2.24, 2.45) is 0 Å². The number of carbonyl (C=O) groups excluding carboxylic acids is 2. The molecule has 0 saturated heterocycles. The summed E-state index contributed by atoms with van der Waals surface area (Å²) in [5, 5.41) is 5.72. The Morgan fingerprint density at radius 3 is 2.86 bits per heavy atom. The normalized spacial score (nSPS) is 16.6. The van der Waals surface area contributed by atoms with Crippen LogP contribution in [0.4, 0.5) is 11.4 Å². The van der Waals surface area contributed by atoms with Crippen LogP contribution in [0.1, 0.15) is 17.9 Å². The van der Waals surface area contributed by atoms with E-state index in [4.69, 9.17) is 0 Å². The van der Waals surface area contributed by atoms with Crippen LogP contribution >= 0.6 is 11.8 Å². The molecule has 0 radical (unpaired) electrons. The molecular weight excluding hydrogens is 296 g/mol. The summed E-state index contributed by atoms with van der Waals surface area (Å²) in [5.41, 5.74) is 2.33. The third kappa shape index (κ3) is 2.99. The van der Waals surface area contributed by atoms with Crippen molar-refractivity contribution in [2.75, 3.05) is 16.9 Å². The molecule has 1 aliphatic heterocycles. The minimum absolute atomic E-state index is 0.128. The average Bonchev–Trinajstić information content (AvgIpc) is 2.54. The summed E-state index contributed by atoms with van der Waals surface area (Å²) in [6.45, 7) is 0. The largest absolute Gasteiger partial charge is 0.326 e. The van der Waals surface area contributed by atoms with Gasteiger partial charge in [0.15, 0.2) is 0 Å². The highest BCUT2D eigenvalue weighted by Gasteiger charge is 2.30.